The minimum Gasteiger partial charge on any atom is -0.393 e. The van der Waals surface area contributed by atoms with E-state index in [1.807, 2.05) is 24.3 Å². The highest BCUT2D eigenvalue weighted by molar-refractivity contribution is 5.94. The first-order valence-corrected chi connectivity index (χ1v) is 9.69. The molecule has 1 unspecified atom stereocenters. The number of aliphatic hydroxyl groups is 1. The van der Waals surface area contributed by atoms with Gasteiger partial charge in [-0.05, 0) is 79.8 Å². The van der Waals surface area contributed by atoms with Gasteiger partial charge in [-0.15, -0.1) is 0 Å². The minimum absolute atomic E-state index is 0.0110. The number of hydrogen-bond acceptors (Lipinski definition) is 3. The lowest BCUT2D eigenvalue weighted by atomic mass is 9.75. The van der Waals surface area contributed by atoms with Gasteiger partial charge in [0.1, 0.15) is 0 Å². The van der Waals surface area contributed by atoms with Crippen LogP contribution in [-0.4, -0.2) is 28.1 Å². The molecule has 1 heterocycles. The molecule has 136 valence electrons. The topological polar surface area (TPSA) is 62.2 Å². The van der Waals surface area contributed by atoms with E-state index in [2.05, 4.69) is 22.4 Å². The number of carbonyl (C=O) groups is 1. The smallest absolute Gasteiger partial charge is 0.251 e. The molecule has 1 saturated carbocycles. The summed E-state index contributed by atoms with van der Waals surface area (Å²) in [5.74, 6) is 0.300. The maximum atomic E-state index is 12.9. The van der Waals surface area contributed by atoms with Crippen LogP contribution in [0.5, 0.6) is 0 Å². The molecule has 1 amide bonds. The van der Waals surface area contributed by atoms with Crippen molar-refractivity contribution in [1.82, 2.24) is 10.3 Å². The molecule has 2 aliphatic carbocycles. The Morgan fingerprint density at radius 3 is 2.69 bits per heavy atom. The standard InChI is InChI=1S/C22H26N2O2/c25-20-12-18(13-20)21(14-19-7-3-4-10-23-19)24-22(26)17-9-8-15-5-1-2-6-16(15)11-17/h3-4,7-11,18,20-21,25H,1-2,5-6,12-14H2,(H,24,26). The maximum absolute atomic E-state index is 12.9. The predicted molar refractivity (Wildman–Crippen MR) is 101 cm³/mol. The number of fused-ring (bicyclic) bond motifs is 1. The number of hydrogen-bond donors (Lipinski definition) is 2. The number of benzene rings is 1. The van der Waals surface area contributed by atoms with Gasteiger partial charge in [0.25, 0.3) is 5.91 Å². The summed E-state index contributed by atoms with van der Waals surface area (Å²) in [6.45, 7) is 0. The van der Waals surface area contributed by atoms with Crippen LogP contribution in [0, 0.1) is 5.92 Å². The average Bonchev–Trinajstić information content (AvgIpc) is 2.65. The van der Waals surface area contributed by atoms with Crippen LogP contribution < -0.4 is 5.32 Å². The van der Waals surface area contributed by atoms with Gasteiger partial charge in [0.2, 0.25) is 0 Å². The number of pyridine rings is 1. The molecule has 4 heteroatoms. The zero-order valence-electron chi connectivity index (χ0n) is 15.0. The molecule has 2 N–H and O–H groups in total. The highest BCUT2D eigenvalue weighted by Crippen LogP contribution is 2.32. The van der Waals surface area contributed by atoms with Crippen molar-refractivity contribution in [3.63, 3.8) is 0 Å². The van der Waals surface area contributed by atoms with Gasteiger partial charge >= 0.3 is 0 Å². The number of nitrogens with zero attached hydrogens (tertiary/aromatic N) is 1. The van der Waals surface area contributed by atoms with Crippen molar-refractivity contribution >= 4 is 5.91 Å². The zero-order valence-corrected chi connectivity index (χ0v) is 15.0. The third-order valence-corrected chi connectivity index (χ3v) is 5.80. The largest absolute Gasteiger partial charge is 0.393 e. The molecule has 1 atom stereocenters. The quantitative estimate of drug-likeness (QED) is 0.871. The van der Waals surface area contributed by atoms with E-state index in [4.69, 9.17) is 0 Å². The van der Waals surface area contributed by atoms with Gasteiger partial charge in [0.05, 0.1) is 6.10 Å². The Labute approximate surface area is 154 Å². The van der Waals surface area contributed by atoms with Crippen molar-refractivity contribution in [2.45, 2.75) is 57.1 Å². The van der Waals surface area contributed by atoms with Gasteiger partial charge in [0.15, 0.2) is 0 Å². The lowest BCUT2D eigenvalue weighted by molar-refractivity contribution is 0.0238. The fourth-order valence-electron chi connectivity index (χ4n) is 4.16. The zero-order chi connectivity index (χ0) is 17.9. The molecule has 4 nitrogen and oxygen atoms in total. The molecule has 0 saturated heterocycles. The van der Waals surface area contributed by atoms with Crippen LogP contribution in [0.3, 0.4) is 0 Å². The second-order valence-electron chi connectivity index (χ2n) is 7.68. The first kappa shape index (κ1) is 17.2. The summed E-state index contributed by atoms with van der Waals surface area (Å²) in [6.07, 6.45) is 8.41. The highest BCUT2D eigenvalue weighted by atomic mass is 16.3. The molecule has 0 bridgehead atoms. The summed E-state index contributed by atoms with van der Waals surface area (Å²) in [5.41, 5.74) is 4.44. The molecule has 1 fully saturated rings. The summed E-state index contributed by atoms with van der Waals surface area (Å²) < 4.78 is 0. The molecule has 1 aromatic carbocycles. The van der Waals surface area contributed by atoms with Crippen LogP contribution in [-0.2, 0) is 19.3 Å². The summed E-state index contributed by atoms with van der Waals surface area (Å²) in [4.78, 5) is 17.3. The van der Waals surface area contributed by atoms with Gasteiger partial charge in [0, 0.05) is 29.9 Å². The Morgan fingerprint density at radius 2 is 1.96 bits per heavy atom. The van der Waals surface area contributed by atoms with Gasteiger partial charge in [-0.2, -0.15) is 0 Å². The second kappa shape index (κ2) is 7.58. The summed E-state index contributed by atoms with van der Waals surface area (Å²) in [7, 11) is 0. The monoisotopic (exact) mass is 350 g/mol. The van der Waals surface area contributed by atoms with E-state index < -0.39 is 0 Å². The Hall–Kier alpha value is -2.20. The van der Waals surface area contributed by atoms with Crippen LogP contribution in [0.1, 0.15) is 52.9 Å². The van der Waals surface area contributed by atoms with Crippen LogP contribution in [0.4, 0.5) is 0 Å². The lowest BCUT2D eigenvalue weighted by Gasteiger charge is -2.38. The Balaban J connectivity index is 1.48. The van der Waals surface area contributed by atoms with Crippen molar-refractivity contribution in [2.24, 2.45) is 5.92 Å². The Kier molecular flexibility index (Phi) is 5.02. The fourth-order valence-corrected chi connectivity index (χ4v) is 4.16. The number of rotatable bonds is 5. The van der Waals surface area contributed by atoms with E-state index >= 15 is 0 Å². The van der Waals surface area contributed by atoms with E-state index in [1.165, 1.54) is 24.0 Å². The number of carbonyl (C=O) groups excluding carboxylic acids is 1. The van der Waals surface area contributed by atoms with Gasteiger partial charge in [-0.3, -0.25) is 9.78 Å². The molecule has 0 aliphatic heterocycles. The van der Waals surface area contributed by atoms with Crippen LogP contribution in [0.25, 0.3) is 0 Å². The van der Waals surface area contributed by atoms with Gasteiger partial charge in [-0.1, -0.05) is 12.1 Å². The second-order valence-corrected chi connectivity index (χ2v) is 7.68. The van der Waals surface area contributed by atoms with Crippen LogP contribution in [0.2, 0.25) is 0 Å². The highest BCUT2D eigenvalue weighted by Gasteiger charge is 2.35. The number of nitrogens with one attached hydrogen (secondary N) is 1. The molecular formula is C22H26N2O2. The van der Waals surface area contributed by atoms with Crippen molar-refractivity contribution in [3.8, 4) is 0 Å². The number of aromatic nitrogens is 1. The summed E-state index contributed by atoms with van der Waals surface area (Å²) >= 11 is 0. The van der Waals surface area contributed by atoms with Crippen molar-refractivity contribution in [1.29, 1.82) is 0 Å². The fraction of sp³-hybridized carbons (Fsp3) is 0.455. The molecule has 1 aromatic heterocycles. The van der Waals surface area contributed by atoms with Crippen LogP contribution in [0.15, 0.2) is 42.6 Å². The number of amides is 1. The summed E-state index contributed by atoms with van der Waals surface area (Å²) in [5, 5.41) is 12.9. The van der Waals surface area contributed by atoms with Crippen LogP contribution >= 0.6 is 0 Å². The van der Waals surface area contributed by atoms with Crippen molar-refractivity contribution < 1.29 is 9.90 Å². The van der Waals surface area contributed by atoms with E-state index in [9.17, 15) is 9.90 Å². The predicted octanol–water partition coefficient (Wildman–Crippen LogP) is 3.07. The normalized spacial score (nSPS) is 22.8. The van der Waals surface area contributed by atoms with E-state index in [1.54, 1.807) is 6.20 Å². The minimum atomic E-state index is -0.230. The molecule has 0 spiro atoms. The van der Waals surface area contributed by atoms with Crippen molar-refractivity contribution in [2.75, 3.05) is 0 Å². The lowest BCUT2D eigenvalue weighted by Crippen LogP contribution is -2.48. The molecular weight excluding hydrogens is 324 g/mol. The Bertz CT molecular complexity index is 769. The molecule has 2 aromatic rings. The van der Waals surface area contributed by atoms with Gasteiger partial charge in [-0.25, -0.2) is 0 Å². The van der Waals surface area contributed by atoms with Gasteiger partial charge < -0.3 is 10.4 Å². The molecule has 4 rings (SSSR count). The first-order valence-electron chi connectivity index (χ1n) is 9.69. The van der Waals surface area contributed by atoms with Crippen molar-refractivity contribution in [3.05, 3.63) is 65.0 Å². The van der Waals surface area contributed by atoms with E-state index in [-0.39, 0.29) is 18.1 Å². The summed E-state index contributed by atoms with van der Waals surface area (Å²) in [6, 6.07) is 12.0. The number of aryl methyl sites for hydroxylation is 2. The number of aliphatic hydroxyl groups excluding tert-OH is 1. The third kappa shape index (κ3) is 3.80. The third-order valence-electron chi connectivity index (χ3n) is 5.80. The van der Waals surface area contributed by atoms with E-state index in [0.717, 1.165) is 36.9 Å². The molecule has 26 heavy (non-hydrogen) atoms. The SMILES string of the molecule is O=C(NC(Cc1ccccn1)C1CC(O)C1)c1ccc2c(c1)CCCC2. The van der Waals surface area contributed by atoms with E-state index in [0.29, 0.717) is 12.3 Å². The molecule has 2 aliphatic rings. The average molecular weight is 350 g/mol. The Morgan fingerprint density at radius 1 is 1.15 bits per heavy atom. The first-order chi connectivity index (χ1) is 12.7. The molecule has 0 radical (unpaired) electrons. The maximum Gasteiger partial charge on any atom is 0.251 e.